The normalized spacial score (nSPS) is 25.8. The van der Waals surface area contributed by atoms with E-state index in [0.717, 1.165) is 38.8 Å². The van der Waals surface area contributed by atoms with Gasteiger partial charge < -0.3 is 10.4 Å². The highest BCUT2D eigenvalue weighted by Crippen LogP contribution is 2.39. The molecule has 0 radical (unpaired) electrons. The fourth-order valence-corrected chi connectivity index (χ4v) is 1.93. The molecular formula is C11H23NO. The minimum Gasteiger partial charge on any atom is -0.389 e. The molecule has 13 heavy (non-hydrogen) atoms. The van der Waals surface area contributed by atoms with Crippen molar-refractivity contribution < 1.29 is 5.11 Å². The molecule has 0 heterocycles. The lowest BCUT2D eigenvalue weighted by Crippen LogP contribution is -2.44. The summed E-state index contributed by atoms with van der Waals surface area (Å²) in [5.41, 5.74) is 0.0178. The Morgan fingerprint density at radius 2 is 1.69 bits per heavy atom. The molecule has 0 saturated heterocycles. The minimum absolute atomic E-state index is 0.425. The van der Waals surface area contributed by atoms with Crippen LogP contribution < -0.4 is 5.32 Å². The largest absolute Gasteiger partial charge is 0.389 e. The molecule has 0 amide bonds. The molecule has 1 saturated carbocycles. The zero-order chi connectivity index (χ0) is 9.95. The number of rotatable bonds is 3. The average Bonchev–Trinajstić information content (AvgIpc) is 2.08. The van der Waals surface area contributed by atoms with Crippen LogP contribution in [-0.2, 0) is 0 Å². The van der Waals surface area contributed by atoms with Crippen LogP contribution in [0.5, 0.6) is 0 Å². The Hall–Kier alpha value is -0.0800. The Bertz CT molecular complexity index is 155. The van der Waals surface area contributed by atoms with Gasteiger partial charge in [-0.15, -0.1) is 0 Å². The van der Waals surface area contributed by atoms with Gasteiger partial charge in [-0.1, -0.05) is 20.8 Å². The summed E-state index contributed by atoms with van der Waals surface area (Å²) in [6.07, 6.45) is 4.20. The maximum Gasteiger partial charge on any atom is 0.0772 e. The summed E-state index contributed by atoms with van der Waals surface area (Å²) in [7, 11) is 0. The van der Waals surface area contributed by atoms with Gasteiger partial charge >= 0.3 is 0 Å². The molecule has 78 valence electrons. The summed E-state index contributed by atoms with van der Waals surface area (Å²) >= 11 is 0. The highest BCUT2D eigenvalue weighted by Gasteiger charge is 2.35. The number of hydrogen-bond donors (Lipinski definition) is 2. The van der Waals surface area contributed by atoms with E-state index in [9.17, 15) is 5.11 Å². The first kappa shape index (κ1) is 11.0. The second kappa shape index (κ2) is 3.97. The van der Waals surface area contributed by atoms with Crippen LogP contribution >= 0.6 is 0 Å². The fourth-order valence-electron chi connectivity index (χ4n) is 1.93. The zero-order valence-electron chi connectivity index (χ0n) is 9.19. The summed E-state index contributed by atoms with van der Waals surface area (Å²) in [6.45, 7) is 8.38. The monoisotopic (exact) mass is 185 g/mol. The van der Waals surface area contributed by atoms with Crippen molar-refractivity contribution in [3.63, 3.8) is 0 Å². The second-order valence-corrected chi connectivity index (χ2v) is 5.17. The predicted molar refractivity (Wildman–Crippen MR) is 55.7 cm³/mol. The summed E-state index contributed by atoms with van der Waals surface area (Å²) in [4.78, 5) is 0. The van der Waals surface area contributed by atoms with Gasteiger partial charge in [0.1, 0.15) is 0 Å². The van der Waals surface area contributed by atoms with E-state index < -0.39 is 5.60 Å². The molecule has 0 aromatic rings. The first-order chi connectivity index (χ1) is 5.97. The zero-order valence-corrected chi connectivity index (χ0v) is 9.19. The van der Waals surface area contributed by atoms with Crippen LogP contribution in [0.1, 0.15) is 46.5 Å². The molecule has 0 aromatic carbocycles. The lowest BCUT2D eigenvalue weighted by Gasteiger charge is -2.40. The maximum atomic E-state index is 10.2. The van der Waals surface area contributed by atoms with Crippen LogP contribution in [0.2, 0.25) is 0 Å². The van der Waals surface area contributed by atoms with Gasteiger partial charge in [0, 0.05) is 6.54 Å². The van der Waals surface area contributed by atoms with Crippen molar-refractivity contribution in [1.29, 1.82) is 0 Å². The highest BCUT2D eigenvalue weighted by atomic mass is 16.3. The van der Waals surface area contributed by atoms with Crippen molar-refractivity contribution >= 4 is 0 Å². The standard InChI is InChI=1S/C11H23NO/c1-4-12-9-11(13)7-5-10(2,3)6-8-11/h12-13H,4-9H2,1-3H3. The van der Waals surface area contributed by atoms with Gasteiger partial charge in [0.15, 0.2) is 0 Å². The number of hydrogen-bond acceptors (Lipinski definition) is 2. The molecule has 1 rings (SSSR count). The highest BCUT2D eigenvalue weighted by molar-refractivity contribution is 4.90. The molecule has 0 bridgehead atoms. The fraction of sp³-hybridized carbons (Fsp3) is 1.00. The van der Waals surface area contributed by atoms with Gasteiger partial charge in [0.25, 0.3) is 0 Å². The molecule has 0 aliphatic heterocycles. The Balaban J connectivity index is 2.37. The van der Waals surface area contributed by atoms with Crippen molar-refractivity contribution in [2.75, 3.05) is 13.1 Å². The lowest BCUT2D eigenvalue weighted by atomic mass is 9.71. The smallest absolute Gasteiger partial charge is 0.0772 e. The molecule has 2 heteroatoms. The SMILES string of the molecule is CCNCC1(O)CCC(C)(C)CC1. The summed E-state index contributed by atoms with van der Waals surface area (Å²) in [5.74, 6) is 0. The van der Waals surface area contributed by atoms with Crippen molar-refractivity contribution in [1.82, 2.24) is 5.32 Å². The van der Waals surface area contributed by atoms with Gasteiger partial charge in [0.2, 0.25) is 0 Å². The van der Waals surface area contributed by atoms with E-state index in [0.29, 0.717) is 5.41 Å². The van der Waals surface area contributed by atoms with Crippen LogP contribution in [0.3, 0.4) is 0 Å². The van der Waals surface area contributed by atoms with Gasteiger partial charge in [-0.05, 0) is 37.6 Å². The quantitative estimate of drug-likeness (QED) is 0.704. The third kappa shape index (κ3) is 3.28. The molecule has 0 spiro atoms. The van der Waals surface area contributed by atoms with E-state index in [4.69, 9.17) is 0 Å². The average molecular weight is 185 g/mol. The van der Waals surface area contributed by atoms with Crippen molar-refractivity contribution in [3.05, 3.63) is 0 Å². The van der Waals surface area contributed by atoms with Crippen LogP contribution in [0.4, 0.5) is 0 Å². The van der Waals surface area contributed by atoms with Gasteiger partial charge in [-0.3, -0.25) is 0 Å². The lowest BCUT2D eigenvalue weighted by molar-refractivity contribution is -0.0239. The molecule has 0 atom stereocenters. The van der Waals surface area contributed by atoms with E-state index >= 15 is 0 Å². The Kier molecular flexibility index (Phi) is 3.36. The van der Waals surface area contributed by atoms with Crippen molar-refractivity contribution in [3.8, 4) is 0 Å². The molecule has 2 nitrogen and oxygen atoms in total. The van der Waals surface area contributed by atoms with Gasteiger partial charge in [-0.2, -0.15) is 0 Å². The first-order valence-electron chi connectivity index (χ1n) is 5.41. The molecule has 0 unspecified atom stereocenters. The van der Waals surface area contributed by atoms with E-state index in [-0.39, 0.29) is 0 Å². The van der Waals surface area contributed by atoms with Crippen LogP contribution in [0.15, 0.2) is 0 Å². The Morgan fingerprint density at radius 1 is 1.15 bits per heavy atom. The second-order valence-electron chi connectivity index (χ2n) is 5.17. The maximum absolute atomic E-state index is 10.2. The predicted octanol–water partition coefficient (Wildman–Crippen LogP) is 1.93. The summed E-state index contributed by atoms with van der Waals surface area (Å²) < 4.78 is 0. The molecule has 0 aromatic heterocycles. The first-order valence-corrected chi connectivity index (χ1v) is 5.41. The van der Waals surface area contributed by atoms with Crippen molar-refractivity contribution in [2.45, 2.75) is 52.1 Å². The summed E-state index contributed by atoms with van der Waals surface area (Å²) in [5, 5.41) is 13.4. The number of nitrogens with one attached hydrogen (secondary N) is 1. The molecule has 2 N–H and O–H groups in total. The van der Waals surface area contributed by atoms with Gasteiger partial charge in [0.05, 0.1) is 5.60 Å². The molecule has 1 aliphatic rings. The van der Waals surface area contributed by atoms with Gasteiger partial charge in [-0.25, -0.2) is 0 Å². The molecule has 1 aliphatic carbocycles. The summed E-state index contributed by atoms with van der Waals surface area (Å²) in [6, 6.07) is 0. The van der Waals surface area contributed by atoms with E-state index in [2.05, 4.69) is 26.1 Å². The topological polar surface area (TPSA) is 32.3 Å². The van der Waals surface area contributed by atoms with E-state index in [1.54, 1.807) is 0 Å². The number of aliphatic hydroxyl groups is 1. The number of likely N-dealkylation sites (N-methyl/N-ethyl adjacent to an activating group) is 1. The third-order valence-electron chi connectivity index (χ3n) is 3.24. The van der Waals surface area contributed by atoms with Crippen LogP contribution in [0, 0.1) is 5.41 Å². The molecular weight excluding hydrogens is 162 g/mol. The van der Waals surface area contributed by atoms with Crippen LogP contribution in [-0.4, -0.2) is 23.8 Å². The van der Waals surface area contributed by atoms with Crippen LogP contribution in [0.25, 0.3) is 0 Å². The third-order valence-corrected chi connectivity index (χ3v) is 3.24. The van der Waals surface area contributed by atoms with E-state index in [1.165, 1.54) is 0 Å². The van der Waals surface area contributed by atoms with E-state index in [1.807, 2.05) is 0 Å². The minimum atomic E-state index is -0.425. The Morgan fingerprint density at radius 3 is 2.15 bits per heavy atom. The van der Waals surface area contributed by atoms with Crippen molar-refractivity contribution in [2.24, 2.45) is 5.41 Å². The molecule has 1 fully saturated rings. The Labute approximate surface area is 81.7 Å².